The van der Waals surface area contributed by atoms with Gasteiger partial charge in [-0.15, -0.1) is 0 Å². The van der Waals surface area contributed by atoms with E-state index in [2.05, 4.69) is 54.5 Å². The summed E-state index contributed by atoms with van der Waals surface area (Å²) in [6.07, 6.45) is 4.92. The lowest BCUT2D eigenvalue weighted by Gasteiger charge is -2.36. The van der Waals surface area contributed by atoms with Crippen LogP contribution in [-0.2, 0) is 0 Å². The molecule has 98 valence electrons. The van der Waals surface area contributed by atoms with E-state index in [1.54, 1.807) is 5.41 Å². The van der Waals surface area contributed by atoms with Gasteiger partial charge in [-0.25, -0.2) is 4.99 Å². The first kappa shape index (κ1) is 14.1. The van der Waals surface area contributed by atoms with Gasteiger partial charge in [0.05, 0.1) is 10.9 Å². The number of rotatable bonds is 2. The summed E-state index contributed by atoms with van der Waals surface area (Å²) in [7, 11) is 0. The number of thiol groups is 1. The lowest BCUT2D eigenvalue weighted by atomic mass is 10.1. The van der Waals surface area contributed by atoms with E-state index in [1.807, 2.05) is 17.1 Å². The molecule has 0 amide bonds. The van der Waals surface area contributed by atoms with Crippen molar-refractivity contribution in [3.05, 3.63) is 22.0 Å². The summed E-state index contributed by atoms with van der Waals surface area (Å²) in [5.41, 5.74) is 5.98. The lowest BCUT2D eigenvalue weighted by Crippen LogP contribution is -2.54. The third kappa shape index (κ3) is 3.00. The zero-order chi connectivity index (χ0) is 13.1. The Morgan fingerprint density at radius 3 is 3.06 bits per heavy atom. The molecule has 0 bridgehead atoms. The molecule has 2 rings (SSSR count). The first-order valence-corrected chi connectivity index (χ1v) is 7.83. The number of nitrogens with two attached hydrogens (primary N) is 1. The van der Waals surface area contributed by atoms with Crippen LogP contribution in [0.15, 0.2) is 32.0 Å². The molecule has 2 aliphatic heterocycles. The topological polar surface area (TPSA) is 54.0 Å². The number of aliphatic imine (C=N–C) groups is 2. The second kappa shape index (κ2) is 6.25. The molecule has 4 nitrogen and oxygen atoms in total. The summed E-state index contributed by atoms with van der Waals surface area (Å²) >= 11 is 11.1. The van der Waals surface area contributed by atoms with Gasteiger partial charge in [0.1, 0.15) is 5.84 Å². The van der Waals surface area contributed by atoms with Gasteiger partial charge in [0.2, 0.25) is 0 Å². The van der Waals surface area contributed by atoms with E-state index in [4.69, 9.17) is 5.73 Å². The predicted octanol–water partition coefficient (Wildman–Crippen LogP) is 2.27. The monoisotopic (exact) mass is 392 g/mol. The summed E-state index contributed by atoms with van der Waals surface area (Å²) in [4.78, 5) is 11.1. The van der Waals surface area contributed by atoms with E-state index in [0.29, 0.717) is 5.96 Å². The number of fused-ring (bicyclic) bond motifs is 1. The third-order valence-electron chi connectivity index (χ3n) is 2.77. The lowest BCUT2D eigenvalue weighted by molar-refractivity contribution is 0.509. The van der Waals surface area contributed by atoms with E-state index < -0.39 is 0 Å². The minimum absolute atomic E-state index is 0.0427. The van der Waals surface area contributed by atoms with Gasteiger partial charge in [-0.1, -0.05) is 37.9 Å². The molecule has 0 spiro atoms. The quantitative estimate of drug-likeness (QED) is 0.429. The van der Waals surface area contributed by atoms with Crippen LogP contribution < -0.4 is 5.73 Å². The van der Waals surface area contributed by atoms with Gasteiger partial charge < -0.3 is 5.73 Å². The molecule has 0 radical (unpaired) electrons. The van der Waals surface area contributed by atoms with Gasteiger partial charge in [0.15, 0.2) is 5.96 Å². The van der Waals surface area contributed by atoms with Crippen molar-refractivity contribution in [2.24, 2.45) is 15.7 Å². The number of allylic oxidation sites excluding steroid dienone is 2. The molecule has 18 heavy (non-hydrogen) atoms. The fraction of sp³-hybridized carbons (Fsp3) is 0.455. The van der Waals surface area contributed by atoms with E-state index >= 15 is 0 Å². The predicted molar refractivity (Wildman–Crippen MR) is 86.9 cm³/mol. The van der Waals surface area contributed by atoms with Gasteiger partial charge in [0, 0.05) is 17.6 Å². The summed E-state index contributed by atoms with van der Waals surface area (Å²) in [6, 6.07) is -0.0427. The third-order valence-corrected chi connectivity index (χ3v) is 4.85. The molecule has 2 heterocycles. The van der Waals surface area contributed by atoms with Crippen LogP contribution in [0.2, 0.25) is 0 Å². The molecule has 0 aliphatic carbocycles. The maximum absolute atomic E-state index is 5.98. The largest absolute Gasteiger partial charge is 0.369 e. The minimum atomic E-state index is -0.0427. The van der Waals surface area contributed by atoms with E-state index in [-0.39, 0.29) is 10.9 Å². The molecule has 0 fully saturated rings. The average molecular weight is 394 g/mol. The fourth-order valence-electron chi connectivity index (χ4n) is 1.91. The highest BCUT2D eigenvalue weighted by Crippen LogP contribution is 2.23. The van der Waals surface area contributed by atoms with Crippen molar-refractivity contribution in [1.82, 2.24) is 4.90 Å². The van der Waals surface area contributed by atoms with Crippen LogP contribution in [0.5, 0.6) is 0 Å². The van der Waals surface area contributed by atoms with Crippen molar-refractivity contribution in [2.75, 3.05) is 13.1 Å². The molecule has 0 saturated heterocycles. The maximum Gasteiger partial charge on any atom is 0.197 e. The highest BCUT2D eigenvalue weighted by atomic mass is 79.9. The first-order valence-electron chi connectivity index (χ1n) is 5.61. The Hall–Kier alpha value is -0.270. The number of alkyl halides is 1. The van der Waals surface area contributed by atoms with Gasteiger partial charge in [0.25, 0.3) is 0 Å². The summed E-state index contributed by atoms with van der Waals surface area (Å²) < 4.78 is 0.896. The average Bonchev–Trinajstić information content (AvgIpc) is 2.41. The first-order chi connectivity index (χ1) is 8.63. The van der Waals surface area contributed by atoms with E-state index in [9.17, 15) is 0 Å². The van der Waals surface area contributed by atoms with E-state index in [1.165, 1.54) is 0 Å². The van der Waals surface area contributed by atoms with Crippen LogP contribution in [0, 0.1) is 0 Å². The van der Waals surface area contributed by atoms with Crippen molar-refractivity contribution in [3.8, 4) is 0 Å². The molecule has 0 aromatic rings. The van der Waals surface area contributed by atoms with Crippen LogP contribution in [0.3, 0.4) is 0 Å². The van der Waals surface area contributed by atoms with Gasteiger partial charge in [-0.05, 0) is 17.9 Å². The van der Waals surface area contributed by atoms with Crippen LogP contribution in [-0.4, -0.2) is 40.7 Å². The number of amidine groups is 1. The second-order valence-electron chi connectivity index (χ2n) is 4.00. The highest BCUT2D eigenvalue weighted by Gasteiger charge is 2.33. The van der Waals surface area contributed by atoms with Gasteiger partial charge in [-0.2, -0.15) is 12.6 Å². The Balaban J connectivity index is 2.23. The smallest absolute Gasteiger partial charge is 0.197 e. The maximum atomic E-state index is 5.98. The second-order valence-corrected chi connectivity index (χ2v) is 6.16. The zero-order valence-corrected chi connectivity index (χ0v) is 13.7. The Morgan fingerprint density at radius 2 is 2.33 bits per heavy atom. The Labute approximate surface area is 129 Å². The zero-order valence-electron chi connectivity index (χ0n) is 9.63. The molecule has 1 unspecified atom stereocenters. The molecule has 2 atom stereocenters. The van der Waals surface area contributed by atoms with Crippen molar-refractivity contribution < 1.29 is 0 Å². The number of halogens is 2. The number of hydrogen-bond donors (Lipinski definition) is 2. The van der Waals surface area contributed by atoms with Crippen LogP contribution in [0.4, 0.5) is 0 Å². The molecule has 7 heteroatoms. The molecule has 0 aromatic heterocycles. The normalized spacial score (nSPS) is 29.1. The molecule has 2 aliphatic rings. The summed E-state index contributed by atoms with van der Waals surface area (Å²) in [5, 5.41) is 1.68. The Kier molecular flexibility index (Phi) is 4.91. The van der Waals surface area contributed by atoms with Crippen molar-refractivity contribution in [1.29, 1.82) is 0 Å². The van der Waals surface area contributed by atoms with Gasteiger partial charge >= 0.3 is 0 Å². The molecule has 2 N–H and O–H groups in total. The molecular weight excluding hydrogens is 380 g/mol. The van der Waals surface area contributed by atoms with Crippen molar-refractivity contribution >= 4 is 56.3 Å². The SMILES string of the molecule is NC1=N[C@H](/C=C/C(Br)=C\S)C(Br)C2=NCCCN12. The number of nitrogens with zero attached hydrogens (tertiary/aromatic N) is 3. The van der Waals surface area contributed by atoms with Gasteiger partial charge in [-0.3, -0.25) is 9.89 Å². The van der Waals surface area contributed by atoms with Crippen molar-refractivity contribution in [2.45, 2.75) is 17.3 Å². The Bertz CT molecular complexity index is 444. The summed E-state index contributed by atoms with van der Waals surface area (Å²) in [5.74, 6) is 1.53. The standard InChI is InChI=1S/C11H14Br2N4S/c12-7(6-18)2-3-8-9(13)10-15-4-1-5-17(10)11(14)16-8/h2-3,6,8-9,18H,1,4-5H2,(H2,14,16)/b3-2+,7-6+/t8-,9?/m1/s1. The highest BCUT2D eigenvalue weighted by molar-refractivity contribution is 9.12. The minimum Gasteiger partial charge on any atom is -0.369 e. The van der Waals surface area contributed by atoms with E-state index in [0.717, 1.165) is 29.8 Å². The number of hydrogen-bond acceptors (Lipinski definition) is 5. The Morgan fingerprint density at radius 1 is 1.56 bits per heavy atom. The summed E-state index contributed by atoms with van der Waals surface area (Å²) in [6.45, 7) is 1.75. The van der Waals surface area contributed by atoms with Crippen LogP contribution >= 0.6 is 44.5 Å². The van der Waals surface area contributed by atoms with Crippen LogP contribution in [0.1, 0.15) is 6.42 Å². The molecular formula is C11H14Br2N4S. The number of guanidine groups is 1. The molecule has 0 saturated carbocycles. The molecule has 0 aromatic carbocycles. The fourth-order valence-corrected chi connectivity index (χ4v) is 2.83. The van der Waals surface area contributed by atoms with Crippen LogP contribution in [0.25, 0.3) is 0 Å². The van der Waals surface area contributed by atoms with Crippen molar-refractivity contribution in [3.63, 3.8) is 0 Å².